The first-order valence-corrected chi connectivity index (χ1v) is 10.2. The number of rotatable bonds is 6. The molecule has 3 aromatic rings. The van der Waals surface area contributed by atoms with Crippen molar-refractivity contribution in [3.63, 3.8) is 0 Å². The van der Waals surface area contributed by atoms with Gasteiger partial charge in [0.25, 0.3) is 5.56 Å². The summed E-state index contributed by atoms with van der Waals surface area (Å²) in [6, 6.07) is 15.9. The lowest BCUT2D eigenvalue weighted by molar-refractivity contribution is -0.119. The number of benzene rings is 2. The van der Waals surface area contributed by atoms with Gasteiger partial charge >= 0.3 is 0 Å². The molecule has 1 aromatic heterocycles. The average molecular weight is 439 g/mol. The van der Waals surface area contributed by atoms with Gasteiger partial charge < -0.3 is 10.6 Å². The maximum atomic E-state index is 12.9. The highest BCUT2D eigenvalue weighted by Crippen LogP contribution is 2.21. The number of carbonyl (C=O) groups is 2. The van der Waals surface area contributed by atoms with Crippen LogP contribution in [0.3, 0.4) is 0 Å². The van der Waals surface area contributed by atoms with Gasteiger partial charge in [-0.25, -0.2) is 4.68 Å². The second-order valence-corrected chi connectivity index (χ2v) is 7.85. The number of carbonyl (C=O) groups excluding carboxylic acids is 2. The van der Waals surface area contributed by atoms with Gasteiger partial charge in [-0.05, 0) is 25.1 Å². The van der Waals surface area contributed by atoms with Gasteiger partial charge in [0.05, 0.1) is 16.4 Å². The van der Waals surface area contributed by atoms with Crippen LogP contribution >= 0.6 is 11.6 Å². The van der Waals surface area contributed by atoms with E-state index in [2.05, 4.69) is 15.7 Å². The summed E-state index contributed by atoms with van der Waals surface area (Å²) in [6.07, 6.45) is 0. The summed E-state index contributed by atoms with van der Waals surface area (Å²) in [4.78, 5) is 37.7. The van der Waals surface area contributed by atoms with Crippen LogP contribution < -0.4 is 16.2 Å². The molecule has 0 saturated carbocycles. The van der Waals surface area contributed by atoms with Crippen molar-refractivity contribution >= 4 is 34.8 Å². The van der Waals surface area contributed by atoms with Crippen molar-refractivity contribution in [1.82, 2.24) is 9.78 Å². The van der Waals surface area contributed by atoms with Crippen LogP contribution in [0, 0.1) is 12.8 Å². The molecule has 2 amide bonds. The number of nitrogens with one attached hydrogen (secondary N) is 2. The fourth-order valence-electron chi connectivity index (χ4n) is 2.77. The summed E-state index contributed by atoms with van der Waals surface area (Å²) in [7, 11) is 0. The Kier molecular flexibility index (Phi) is 6.87. The zero-order valence-electron chi connectivity index (χ0n) is 17.5. The van der Waals surface area contributed by atoms with E-state index in [4.69, 9.17) is 11.6 Å². The molecule has 0 fully saturated rings. The summed E-state index contributed by atoms with van der Waals surface area (Å²) in [6.45, 7) is 5.08. The third-order valence-electron chi connectivity index (χ3n) is 4.55. The van der Waals surface area contributed by atoms with E-state index in [1.807, 2.05) is 31.2 Å². The summed E-state index contributed by atoms with van der Waals surface area (Å²) >= 11 is 6.09. The predicted octanol–water partition coefficient (Wildman–Crippen LogP) is 4.11. The molecule has 7 nitrogen and oxygen atoms in total. The number of hydrogen-bond donors (Lipinski definition) is 2. The molecule has 0 radical (unpaired) electrons. The van der Waals surface area contributed by atoms with Gasteiger partial charge in [0.1, 0.15) is 12.2 Å². The highest BCUT2D eigenvalue weighted by Gasteiger charge is 2.16. The second kappa shape index (κ2) is 9.57. The fourth-order valence-corrected chi connectivity index (χ4v) is 2.95. The van der Waals surface area contributed by atoms with Crippen LogP contribution in [0.15, 0.2) is 59.4 Å². The Morgan fingerprint density at radius 3 is 2.35 bits per heavy atom. The highest BCUT2D eigenvalue weighted by molar-refractivity contribution is 6.33. The van der Waals surface area contributed by atoms with E-state index in [0.717, 1.165) is 15.8 Å². The zero-order chi connectivity index (χ0) is 22.5. The molecule has 2 aromatic carbocycles. The summed E-state index contributed by atoms with van der Waals surface area (Å²) in [5.74, 6) is -1.08. The number of aryl methyl sites for hydroxylation is 1. The zero-order valence-corrected chi connectivity index (χ0v) is 18.2. The Morgan fingerprint density at radius 2 is 1.71 bits per heavy atom. The second-order valence-electron chi connectivity index (χ2n) is 7.44. The Bertz CT molecular complexity index is 1170. The molecule has 0 aliphatic carbocycles. The Morgan fingerprint density at radius 1 is 1.03 bits per heavy atom. The van der Waals surface area contributed by atoms with Crippen molar-refractivity contribution in [2.75, 3.05) is 10.6 Å². The van der Waals surface area contributed by atoms with Crippen molar-refractivity contribution in [1.29, 1.82) is 0 Å². The van der Waals surface area contributed by atoms with Crippen LogP contribution in [0.1, 0.15) is 19.4 Å². The molecule has 0 spiro atoms. The molecule has 0 unspecified atom stereocenters. The number of nitrogens with zero attached hydrogens (tertiary/aromatic N) is 2. The first kappa shape index (κ1) is 22.2. The number of para-hydroxylation sites is 1. The molecule has 0 saturated heterocycles. The van der Waals surface area contributed by atoms with E-state index in [1.54, 1.807) is 38.1 Å². The van der Waals surface area contributed by atoms with Gasteiger partial charge in [-0.3, -0.25) is 14.4 Å². The quantitative estimate of drug-likeness (QED) is 0.605. The molecule has 31 heavy (non-hydrogen) atoms. The largest absolute Gasteiger partial charge is 0.323 e. The van der Waals surface area contributed by atoms with Crippen LogP contribution in [0.25, 0.3) is 11.3 Å². The monoisotopic (exact) mass is 438 g/mol. The molecule has 3 rings (SSSR count). The molecule has 0 aliphatic heterocycles. The summed E-state index contributed by atoms with van der Waals surface area (Å²) in [5, 5.41) is 10.0. The van der Waals surface area contributed by atoms with Gasteiger partial charge in [-0.1, -0.05) is 67.4 Å². The Balaban J connectivity index is 1.97. The van der Waals surface area contributed by atoms with E-state index < -0.39 is 11.5 Å². The van der Waals surface area contributed by atoms with Crippen molar-refractivity contribution in [3.05, 3.63) is 75.5 Å². The van der Waals surface area contributed by atoms with E-state index in [-0.39, 0.29) is 24.1 Å². The van der Waals surface area contributed by atoms with Gasteiger partial charge in [0.15, 0.2) is 0 Å². The van der Waals surface area contributed by atoms with Crippen molar-refractivity contribution in [2.45, 2.75) is 27.3 Å². The van der Waals surface area contributed by atoms with Crippen LogP contribution in [-0.2, 0) is 16.1 Å². The number of amides is 2. The molecular weight excluding hydrogens is 416 g/mol. The lowest BCUT2D eigenvalue weighted by Gasteiger charge is -2.13. The normalized spacial score (nSPS) is 10.7. The number of anilines is 2. The minimum Gasteiger partial charge on any atom is -0.323 e. The van der Waals surface area contributed by atoms with Crippen LogP contribution in [0.5, 0.6) is 0 Å². The molecule has 0 atom stereocenters. The van der Waals surface area contributed by atoms with Crippen molar-refractivity contribution < 1.29 is 9.59 Å². The van der Waals surface area contributed by atoms with Gasteiger partial charge in [-0.15, -0.1) is 0 Å². The minimum atomic E-state index is -0.570. The van der Waals surface area contributed by atoms with E-state index in [1.165, 1.54) is 6.07 Å². The third-order valence-corrected chi connectivity index (χ3v) is 4.87. The van der Waals surface area contributed by atoms with Crippen molar-refractivity contribution in [2.24, 2.45) is 5.92 Å². The molecule has 0 aliphatic rings. The van der Waals surface area contributed by atoms with Gasteiger partial charge in [-0.2, -0.15) is 5.10 Å². The lowest BCUT2D eigenvalue weighted by Crippen LogP contribution is -2.33. The van der Waals surface area contributed by atoms with Gasteiger partial charge in [0, 0.05) is 11.5 Å². The Labute approximate surface area is 185 Å². The Hall–Kier alpha value is -3.45. The van der Waals surface area contributed by atoms with E-state index in [9.17, 15) is 14.4 Å². The first-order valence-electron chi connectivity index (χ1n) is 9.79. The van der Waals surface area contributed by atoms with Gasteiger partial charge in [0.2, 0.25) is 11.8 Å². The highest BCUT2D eigenvalue weighted by atomic mass is 35.5. The average Bonchev–Trinajstić information content (AvgIpc) is 2.73. The van der Waals surface area contributed by atoms with E-state index >= 15 is 0 Å². The lowest BCUT2D eigenvalue weighted by atomic mass is 10.1. The van der Waals surface area contributed by atoms with Crippen LogP contribution in [-0.4, -0.2) is 21.6 Å². The third kappa shape index (κ3) is 5.58. The van der Waals surface area contributed by atoms with Crippen molar-refractivity contribution in [3.8, 4) is 11.3 Å². The topological polar surface area (TPSA) is 93.1 Å². The summed E-state index contributed by atoms with van der Waals surface area (Å²) < 4.78 is 1.04. The molecule has 0 bridgehead atoms. The SMILES string of the molecule is Cc1ccc(-c2cc(NC(=O)C(C)C)c(=O)n(CC(=O)Nc3ccccc3Cl)n2)cc1. The number of halogens is 1. The van der Waals surface area contributed by atoms with Crippen LogP contribution in [0.4, 0.5) is 11.4 Å². The standard InChI is InChI=1S/C23H23ClN4O3/c1-14(2)22(30)26-20-12-19(16-10-8-15(3)9-11-16)27-28(23(20)31)13-21(29)25-18-7-5-4-6-17(18)24/h4-12,14H,13H2,1-3H3,(H,25,29)(H,26,30). The fraction of sp³-hybridized carbons (Fsp3) is 0.217. The maximum absolute atomic E-state index is 12.9. The molecule has 2 N–H and O–H groups in total. The minimum absolute atomic E-state index is 0.0646. The maximum Gasteiger partial charge on any atom is 0.291 e. The molecule has 160 valence electrons. The van der Waals surface area contributed by atoms with E-state index in [0.29, 0.717) is 16.4 Å². The predicted molar refractivity (Wildman–Crippen MR) is 122 cm³/mol. The number of aromatic nitrogens is 2. The molecule has 8 heteroatoms. The smallest absolute Gasteiger partial charge is 0.291 e. The molecular formula is C23H23ClN4O3. The summed E-state index contributed by atoms with van der Waals surface area (Å²) in [5.41, 5.74) is 2.22. The number of hydrogen-bond acceptors (Lipinski definition) is 4. The first-order chi connectivity index (χ1) is 14.7. The molecule has 1 heterocycles. The van der Waals surface area contributed by atoms with Crippen LogP contribution in [0.2, 0.25) is 5.02 Å².